The van der Waals surface area contributed by atoms with Crippen LogP contribution in [0.25, 0.3) is 0 Å². The molecular weight excluding hydrogens is 480 g/mol. The second-order valence-corrected chi connectivity index (χ2v) is 13.4. The lowest BCUT2D eigenvalue weighted by molar-refractivity contribution is -0.187. The summed E-state index contributed by atoms with van der Waals surface area (Å²) in [5.74, 6) is -2.25. The van der Waals surface area contributed by atoms with Crippen molar-refractivity contribution < 1.29 is 29.6 Å². The first kappa shape index (κ1) is 29.5. The van der Waals surface area contributed by atoms with E-state index in [1.165, 1.54) is 38.5 Å². The van der Waals surface area contributed by atoms with Crippen LogP contribution in [0.4, 0.5) is 0 Å². The number of aliphatic hydroxyl groups is 3. The van der Waals surface area contributed by atoms with Crippen molar-refractivity contribution in [3.63, 3.8) is 0 Å². The average molecular weight is 531 g/mol. The predicted molar refractivity (Wildman–Crippen MR) is 147 cm³/mol. The standard InChI is InChI=1S/C32H50O6/c1-6-7-8-9-10-11-12-13-14-15-26(34)38-31-18-22(3)32(37)24(27(31)29(31,4)5)17-23(20-33)19-30(36)25(32)16-21(2)28(30)35/h16-17,22,24-25,27,33,36-37H,6-15,18-20H2,1-5H3/t22-,24+,25+,27+,30+,31+,32-/m0/s1. The minimum atomic E-state index is -1.76. The molecule has 0 spiro atoms. The summed E-state index contributed by atoms with van der Waals surface area (Å²) in [5, 5.41) is 34.1. The van der Waals surface area contributed by atoms with E-state index >= 15 is 0 Å². The average Bonchev–Trinajstić information content (AvgIpc) is 3.26. The Morgan fingerprint density at radius 2 is 1.63 bits per heavy atom. The number of aliphatic hydroxyl groups excluding tert-OH is 1. The van der Waals surface area contributed by atoms with E-state index in [-0.39, 0.29) is 42.0 Å². The van der Waals surface area contributed by atoms with Crippen LogP contribution in [0.2, 0.25) is 0 Å². The normalized spacial score (nSPS) is 38.9. The molecule has 3 N–H and O–H groups in total. The van der Waals surface area contributed by atoms with Crippen molar-refractivity contribution in [3.8, 4) is 0 Å². The van der Waals surface area contributed by atoms with Gasteiger partial charge in [0.25, 0.3) is 0 Å². The fourth-order valence-corrected chi connectivity index (χ4v) is 8.43. The van der Waals surface area contributed by atoms with Crippen molar-refractivity contribution in [1.82, 2.24) is 0 Å². The van der Waals surface area contributed by atoms with E-state index in [0.29, 0.717) is 24.0 Å². The Hall–Kier alpha value is -1.50. The molecule has 0 heterocycles. The minimum Gasteiger partial charge on any atom is -0.458 e. The third kappa shape index (κ3) is 4.62. The highest BCUT2D eigenvalue weighted by Crippen LogP contribution is 2.76. The maximum Gasteiger partial charge on any atom is 0.306 e. The fraction of sp³-hybridized carbons (Fsp3) is 0.812. The molecule has 4 aliphatic carbocycles. The van der Waals surface area contributed by atoms with E-state index in [1.54, 1.807) is 13.0 Å². The summed E-state index contributed by atoms with van der Waals surface area (Å²) >= 11 is 0. The van der Waals surface area contributed by atoms with Crippen molar-refractivity contribution in [3.05, 3.63) is 23.3 Å². The van der Waals surface area contributed by atoms with Crippen LogP contribution in [0.1, 0.15) is 112 Å². The first-order valence-electron chi connectivity index (χ1n) is 15.1. The second-order valence-electron chi connectivity index (χ2n) is 13.4. The number of esters is 1. The molecule has 7 atom stereocenters. The number of hydrogen-bond acceptors (Lipinski definition) is 6. The summed E-state index contributed by atoms with van der Waals surface area (Å²) in [7, 11) is 0. The zero-order chi connectivity index (χ0) is 27.9. The molecule has 0 aromatic carbocycles. The second kappa shape index (κ2) is 10.8. The van der Waals surface area contributed by atoms with Gasteiger partial charge < -0.3 is 20.1 Å². The Labute approximate surface area is 228 Å². The summed E-state index contributed by atoms with van der Waals surface area (Å²) in [6.07, 6.45) is 15.2. The number of ketones is 1. The molecule has 0 bridgehead atoms. The van der Waals surface area contributed by atoms with Gasteiger partial charge in [-0.1, -0.05) is 91.2 Å². The maximum absolute atomic E-state index is 13.1. The molecule has 214 valence electrons. The molecule has 0 aromatic rings. The van der Waals surface area contributed by atoms with Gasteiger partial charge in [0.05, 0.1) is 12.2 Å². The van der Waals surface area contributed by atoms with E-state index in [9.17, 15) is 24.9 Å². The SMILES string of the molecule is CCCCCCCCCCCC(=O)O[C@]12C[C@H](C)[C@]3(O)[C@H](C=C(CO)C[C@]4(O)C(=O)C(C)=C[C@@H]34)[C@@H]1C2(C)C. The number of rotatable bonds is 12. The van der Waals surface area contributed by atoms with Gasteiger partial charge in [0.2, 0.25) is 0 Å². The molecule has 38 heavy (non-hydrogen) atoms. The fourth-order valence-electron chi connectivity index (χ4n) is 8.43. The summed E-state index contributed by atoms with van der Waals surface area (Å²) in [6, 6.07) is 0. The Kier molecular flexibility index (Phi) is 8.39. The minimum absolute atomic E-state index is 0.00487. The van der Waals surface area contributed by atoms with Gasteiger partial charge in [-0.2, -0.15) is 0 Å². The lowest BCUT2D eigenvalue weighted by atomic mass is 9.60. The highest BCUT2D eigenvalue weighted by atomic mass is 16.6. The van der Waals surface area contributed by atoms with Gasteiger partial charge >= 0.3 is 5.97 Å². The summed E-state index contributed by atoms with van der Waals surface area (Å²) in [5.41, 5.74) is -3.20. The van der Waals surface area contributed by atoms with Crippen LogP contribution in [0.15, 0.2) is 23.3 Å². The molecule has 2 fully saturated rings. The van der Waals surface area contributed by atoms with Crippen molar-refractivity contribution in [2.75, 3.05) is 6.61 Å². The lowest BCUT2D eigenvalue weighted by Crippen LogP contribution is -2.61. The summed E-state index contributed by atoms with van der Waals surface area (Å²) in [4.78, 5) is 26.1. The van der Waals surface area contributed by atoms with Gasteiger partial charge in [0.15, 0.2) is 5.78 Å². The smallest absolute Gasteiger partial charge is 0.306 e. The van der Waals surface area contributed by atoms with E-state index in [2.05, 4.69) is 20.8 Å². The van der Waals surface area contributed by atoms with Crippen molar-refractivity contribution in [1.29, 1.82) is 0 Å². The first-order valence-corrected chi connectivity index (χ1v) is 15.1. The molecule has 0 aliphatic heterocycles. The highest BCUT2D eigenvalue weighted by molar-refractivity contribution is 6.04. The third-order valence-electron chi connectivity index (χ3n) is 10.7. The van der Waals surface area contributed by atoms with Crippen molar-refractivity contribution in [2.45, 2.75) is 128 Å². The van der Waals surface area contributed by atoms with E-state index in [1.807, 2.05) is 13.0 Å². The van der Waals surface area contributed by atoms with E-state index in [0.717, 1.165) is 19.3 Å². The van der Waals surface area contributed by atoms with Gasteiger partial charge in [0.1, 0.15) is 11.2 Å². The van der Waals surface area contributed by atoms with Crippen LogP contribution < -0.4 is 0 Å². The van der Waals surface area contributed by atoms with Gasteiger partial charge in [-0.25, -0.2) is 0 Å². The van der Waals surface area contributed by atoms with Crippen LogP contribution in [0.3, 0.4) is 0 Å². The third-order valence-corrected chi connectivity index (χ3v) is 10.7. The zero-order valence-corrected chi connectivity index (χ0v) is 24.2. The van der Waals surface area contributed by atoms with Gasteiger partial charge in [-0.3, -0.25) is 9.59 Å². The Morgan fingerprint density at radius 1 is 1.03 bits per heavy atom. The number of hydrogen-bond donors (Lipinski definition) is 3. The quantitative estimate of drug-likeness (QED) is 0.177. The highest BCUT2D eigenvalue weighted by Gasteiger charge is 2.83. The Bertz CT molecular complexity index is 980. The topological polar surface area (TPSA) is 104 Å². The van der Waals surface area contributed by atoms with Crippen molar-refractivity contribution in [2.24, 2.45) is 29.1 Å². The predicted octanol–water partition coefficient (Wildman–Crippen LogP) is 5.43. The maximum atomic E-state index is 13.1. The molecule has 0 aromatic heterocycles. The Morgan fingerprint density at radius 3 is 2.24 bits per heavy atom. The molecule has 6 heteroatoms. The van der Waals surface area contributed by atoms with E-state index in [4.69, 9.17) is 4.74 Å². The first-order chi connectivity index (χ1) is 17.9. The summed E-state index contributed by atoms with van der Waals surface area (Å²) in [6.45, 7) is 9.74. The number of unbranched alkanes of at least 4 members (excludes halogenated alkanes) is 8. The molecular formula is C32H50O6. The monoisotopic (exact) mass is 530 g/mol. The number of carbonyl (C=O) groups excluding carboxylic acids is 2. The van der Waals surface area contributed by atoms with E-state index < -0.39 is 28.6 Å². The van der Waals surface area contributed by atoms with Crippen LogP contribution >= 0.6 is 0 Å². The van der Waals surface area contributed by atoms with Crippen LogP contribution in [0, 0.1) is 29.1 Å². The molecule has 6 nitrogen and oxygen atoms in total. The summed E-state index contributed by atoms with van der Waals surface area (Å²) < 4.78 is 6.31. The molecule has 4 rings (SSSR count). The lowest BCUT2D eigenvalue weighted by Gasteiger charge is -2.50. The molecule has 2 saturated carbocycles. The molecule has 0 saturated heterocycles. The Balaban J connectivity index is 1.45. The molecule has 0 amide bonds. The molecule has 0 radical (unpaired) electrons. The number of fused-ring (bicyclic) bond motifs is 5. The van der Waals surface area contributed by atoms with Crippen LogP contribution in [0.5, 0.6) is 0 Å². The van der Waals surface area contributed by atoms with Gasteiger partial charge in [-0.15, -0.1) is 0 Å². The zero-order valence-electron chi connectivity index (χ0n) is 24.2. The van der Waals surface area contributed by atoms with Crippen LogP contribution in [-0.2, 0) is 14.3 Å². The van der Waals surface area contributed by atoms with Crippen LogP contribution in [-0.4, -0.2) is 50.5 Å². The molecule has 4 aliphatic rings. The molecule has 0 unspecified atom stereocenters. The largest absolute Gasteiger partial charge is 0.458 e. The van der Waals surface area contributed by atoms with Crippen molar-refractivity contribution >= 4 is 11.8 Å². The van der Waals surface area contributed by atoms with Gasteiger partial charge in [0, 0.05) is 36.0 Å². The van der Waals surface area contributed by atoms with Gasteiger partial charge in [-0.05, 0) is 36.8 Å². The number of ether oxygens (including phenoxy) is 1. The number of carbonyl (C=O) groups is 2. The number of Topliss-reactive ketones (excluding diaryl/α,β-unsaturated/α-hetero) is 1.